The molecule has 1 saturated heterocycles. The lowest BCUT2D eigenvalue weighted by Gasteiger charge is -2.41. The van der Waals surface area contributed by atoms with E-state index >= 15 is 0 Å². The number of hydrogen-bond acceptors (Lipinski definition) is 16. The second-order valence-corrected chi connectivity index (χ2v) is 11.2. The molecule has 0 unspecified atom stereocenters. The first-order valence-corrected chi connectivity index (χ1v) is 15.1. The number of aromatic hydroxyl groups is 3. The van der Waals surface area contributed by atoms with Gasteiger partial charge in [-0.1, -0.05) is 6.07 Å². The van der Waals surface area contributed by atoms with Crippen molar-refractivity contribution in [3.63, 3.8) is 0 Å². The zero-order valence-electron chi connectivity index (χ0n) is 27.2. The van der Waals surface area contributed by atoms with Crippen LogP contribution in [0.2, 0.25) is 0 Å². The van der Waals surface area contributed by atoms with Gasteiger partial charge in [-0.3, -0.25) is 14.4 Å². The molecule has 1 aliphatic rings. The van der Waals surface area contributed by atoms with Crippen LogP contribution in [0.1, 0.15) is 19.4 Å². The quantitative estimate of drug-likeness (QED) is 0.0904. The van der Waals surface area contributed by atoms with Crippen molar-refractivity contribution in [2.75, 3.05) is 13.7 Å². The highest BCUT2D eigenvalue weighted by atomic mass is 16.7. The zero-order chi connectivity index (χ0) is 37.0. The second-order valence-electron chi connectivity index (χ2n) is 11.2. The van der Waals surface area contributed by atoms with E-state index in [2.05, 4.69) is 0 Å². The van der Waals surface area contributed by atoms with Crippen molar-refractivity contribution in [1.82, 2.24) is 0 Å². The number of carbonyl (C=O) groups excluding carboxylic acids is 3. The Morgan fingerprint density at radius 1 is 0.902 bits per heavy atom. The van der Waals surface area contributed by atoms with Crippen LogP contribution in [0, 0.1) is 0 Å². The normalized spacial score (nSPS) is 20.1. The van der Waals surface area contributed by atoms with Crippen molar-refractivity contribution in [3.05, 3.63) is 76.5 Å². The highest BCUT2D eigenvalue weighted by Gasteiger charge is 2.49. The molecule has 2 heterocycles. The zero-order valence-corrected chi connectivity index (χ0v) is 27.2. The number of phenols is 3. The molecule has 0 radical (unpaired) electrons. The number of aliphatic hydroxyl groups excluding tert-OH is 2. The highest BCUT2D eigenvalue weighted by molar-refractivity contribution is 5.92. The minimum atomic E-state index is -1.84. The third kappa shape index (κ3) is 8.21. The van der Waals surface area contributed by atoms with Crippen molar-refractivity contribution in [2.24, 2.45) is 0 Å². The summed E-state index contributed by atoms with van der Waals surface area (Å²) in [6, 6.07) is 11.8. The molecule has 0 spiro atoms. The van der Waals surface area contributed by atoms with E-state index in [1.54, 1.807) is 0 Å². The number of carbonyl (C=O) groups is 3. The van der Waals surface area contributed by atoms with E-state index in [-0.39, 0.29) is 39.9 Å². The predicted molar refractivity (Wildman–Crippen MR) is 174 cm³/mol. The van der Waals surface area contributed by atoms with Gasteiger partial charge >= 0.3 is 17.9 Å². The molecule has 5 rings (SSSR count). The molecular weight excluding hydrogens is 676 g/mol. The van der Waals surface area contributed by atoms with Crippen LogP contribution in [0.15, 0.2) is 69.9 Å². The molecule has 1 fully saturated rings. The molecule has 51 heavy (non-hydrogen) atoms. The van der Waals surface area contributed by atoms with Crippen LogP contribution in [-0.2, 0) is 28.6 Å². The number of ether oxygens (including phenoxy) is 6. The summed E-state index contributed by atoms with van der Waals surface area (Å²) in [6.45, 7) is 1.59. The number of esters is 3. The van der Waals surface area contributed by atoms with E-state index in [0.29, 0.717) is 5.56 Å². The molecule has 16 nitrogen and oxygen atoms in total. The molecule has 5 atom stereocenters. The smallest absolute Gasteiger partial charge is 0.336 e. The van der Waals surface area contributed by atoms with Gasteiger partial charge in [0.15, 0.2) is 23.4 Å². The molecule has 5 N–H and O–H groups in total. The summed E-state index contributed by atoms with van der Waals surface area (Å²) in [5.74, 6) is -4.37. The van der Waals surface area contributed by atoms with Gasteiger partial charge in [0.2, 0.25) is 17.5 Å². The molecule has 0 aliphatic carbocycles. The lowest BCUT2D eigenvalue weighted by atomic mass is 9.99. The maximum Gasteiger partial charge on any atom is 0.336 e. The minimum Gasteiger partial charge on any atom is -0.508 e. The Kier molecular flexibility index (Phi) is 10.8. The van der Waals surface area contributed by atoms with Crippen LogP contribution in [0.4, 0.5) is 0 Å². The van der Waals surface area contributed by atoms with Gasteiger partial charge in [0.1, 0.15) is 53.1 Å². The minimum absolute atomic E-state index is 0.0964. The molecule has 0 bridgehead atoms. The summed E-state index contributed by atoms with van der Waals surface area (Å²) < 4.78 is 38.1. The van der Waals surface area contributed by atoms with Crippen LogP contribution < -0.4 is 19.6 Å². The Morgan fingerprint density at radius 3 is 2.29 bits per heavy atom. The van der Waals surface area contributed by atoms with Gasteiger partial charge in [0.25, 0.3) is 0 Å². The molecule has 16 heteroatoms. The fourth-order valence-electron chi connectivity index (χ4n) is 5.11. The third-order valence-corrected chi connectivity index (χ3v) is 7.50. The van der Waals surface area contributed by atoms with Gasteiger partial charge < -0.3 is 58.4 Å². The molecule has 0 saturated carbocycles. The monoisotopic (exact) mass is 708 g/mol. The Hall–Kier alpha value is -6.10. The molecule has 1 aliphatic heterocycles. The number of aliphatic hydroxyl groups is 2. The van der Waals surface area contributed by atoms with Crippen molar-refractivity contribution in [1.29, 1.82) is 0 Å². The summed E-state index contributed by atoms with van der Waals surface area (Å²) in [7, 11) is 1.37. The number of hydrogen-bond donors (Lipinski definition) is 5. The number of phenolic OH excluding ortho intramolecular Hbond substituents is 3. The van der Waals surface area contributed by atoms with Gasteiger partial charge in [-0.05, 0) is 48.0 Å². The van der Waals surface area contributed by atoms with Crippen LogP contribution in [0.3, 0.4) is 0 Å². The Balaban J connectivity index is 1.54. The molecule has 1 aromatic heterocycles. The first-order chi connectivity index (χ1) is 24.2. The summed E-state index contributed by atoms with van der Waals surface area (Å²) in [4.78, 5) is 50.1. The largest absolute Gasteiger partial charge is 0.508 e. The van der Waals surface area contributed by atoms with Gasteiger partial charge in [0, 0.05) is 37.6 Å². The Morgan fingerprint density at radius 2 is 1.63 bits per heavy atom. The molecule has 3 aromatic carbocycles. The SMILES string of the molecule is COc1cc(/C=C/C(=O)Oc2cc(O)c3c(=O)c(O[C@H]4O[C@@H](COC(C)=O)[C@H](O)[C@@H](O)[C@@H]4OC(C)=O)c(-c4ccc(O)cc4)oc3c2)ccc1O. The molecular formula is C35H32O16. The van der Waals surface area contributed by atoms with Crippen LogP contribution in [-0.4, -0.2) is 87.9 Å². The van der Waals surface area contributed by atoms with E-state index in [1.807, 2.05) is 0 Å². The van der Waals surface area contributed by atoms with Crippen molar-refractivity contribution in [2.45, 2.75) is 44.6 Å². The van der Waals surface area contributed by atoms with Gasteiger partial charge in [-0.15, -0.1) is 0 Å². The fourth-order valence-corrected chi connectivity index (χ4v) is 5.11. The standard InChI is InChI=1S/C35H32O16/c1-16(36)46-15-26-29(42)31(44)34(47-17(2)37)35(50-26)51-33-30(43)28-23(40)13-21(14-25(28)49-32(33)19-6-8-20(38)9-7-19)48-27(41)11-5-18-4-10-22(39)24(12-18)45-3/h4-14,26,29,31,34-35,38-40,42,44H,15H2,1-3H3/b11-5+/t26-,29-,31+,34-,35+/m0/s1. The van der Waals surface area contributed by atoms with E-state index < -0.39 is 77.5 Å². The van der Waals surface area contributed by atoms with Crippen LogP contribution >= 0.6 is 0 Å². The summed E-state index contributed by atoms with van der Waals surface area (Å²) in [5, 5.41) is 51.7. The van der Waals surface area contributed by atoms with Gasteiger partial charge in [-0.2, -0.15) is 0 Å². The number of methoxy groups -OCH3 is 1. The summed E-state index contributed by atoms with van der Waals surface area (Å²) >= 11 is 0. The van der Waals surface area contributed by atoms with Gasteiger partial charge in [0.05, 0.1) is 7.11 Å². The number of rotatable bonds is 10. The predicted octanol–water partition coefficient (Wildman–Crippen LogP) is 2.52. The van der Waals surface area contributed by atoms with E-state index in [9.17, 15) is 44.7 Å². The maximum atomic E-state index is 14.0. The van der Waals surface area contributed by atoms with E-state index in [0.717, 1.165) is 32.1 Å². The molecule has 4 aromatic rings. The van der Waals surface area contributed by atoms with Crippen LogP contribution in [0.5, 0.6) is 34.5 Å². The number of benzene rings is 3. The summed E-state index contributed by atoms with van der Waals surface area (Å²) in [6.07, 6.45) is -6.00. The third-order valence-electron chi connectivity index (χ3n) is 7.50. The van der Waals surface area contributed by atoms with E-state index in [1.165, 1.54) is 55.7 Å². The Labute approximate surface area is 288 Å². The molecule has 268 valence electrons. The Bertz CT molecular complexity index is 2030. The first-order valence-electron chi connectivity index (χ1n) is 15.1. The fraction of sp³-hybridized carbons (Fsp3) is 0.257. The van der Waals surface area contributed by atoms with Gasteiger partial charge in [-0.25, -0.2) is 4.79 Å². The molecule has 0 amide bonds. The highest BCUT2D eigenvalue weighted by Crippen LogP contribution is 2.38. The summed E-state index contributed by atoms with van der Waals surface area (Å²) in [5.41, 5.74) is -0.599. The van der Waals surface area contributed by atoms with Crippen molar-refractivity contribution in [3.8, 4) is 45.8 Å². The number of fused-ring (bicyclic) bond motifs is 1. The first kappa shape index (κ1) is 36.2. The second kappa shape index (κ2) is 15.2. The lowest BCUT2D eigenvalue weighted by Crippen LogP contribution is -2.61. The van der Waals surface area contributed by atoms with Crippen LogP contribution in [0.25, 0.3) is 28.4 Å². The van der Waals surface area contributed by atoms with Crippen molar-refractivity contribution >= 4 is 35.0 Å². The van der Waals surface area contributed by atoms with E-state index in [4.69, 9.17) is 32.8 Å². The average Bonchev–Trinajstić information content (AvgIpc) is 3.08. The lowest BCUT2D eigenvalue weighted by molar-refractivity contribution is -0.282. The topological polar surface area (TPSA) is 238 Å². The maximum absolute atomic E-state index is 14.0. The van der Waals surface area contributed by atoms with Crippen molar-refractivity contribution < 1.29 is 72.8 Å². The average molecular weight is 709 g/mol.